The van der Waals surface area contributed by atoms with Crippen LogP contribution in [0, 0.1) is 5.82 Å². The molecule has 2 aromatic rings. The van der Waals surface area contributed by atoms with Crippen LogP contribution in [0.2, 0.25) is 0 Å². The van der Waals surface area contributed by atoms with Gasteiger partial charge >= 0.3 is 0 Å². The van der Waals surface area contributed by atoms with Gasteiger partial charge in [-0.3, -0.25) is 4.79 Å². The van der Waals surface area contributed by atoms with Crippen LogP contribution in [0.1, 0.15) is 17.5 Å². The van der Waals surface area contributed by atoms with Crippen molar-refractivity contribution in [1.29, 1.82) is 0 Å². The molecule has 0 saturated heterocycles. The van der Waals surface area contributed by atoms with Crippen molar-refractivity contribution in [2.24, 2.45) is 5.84 Å². The third-order valence-electron chi connectivity index (χ3n) is 3.55. The lowest BCUT2D eigenvalue weighted by Crippen LogP contribution is -2.34. The summed E-state index contributed by atoms with van der Waals surface area (Å²) in [6.07, 6.45) is 2.60. The van der Waals surface area contributed by atoms with Gasteiger partial charge in [0.2, 0.25) is 5.91 Å². The number of benzene rings is 1. The first-order valence-electron chi connectivity index (χ1n) is 6.68. The van der Waals surface area contributed by atoms with Crippen molar-refractivity contribution in [3.63, 3.8) is 0 Å². The van der Waals surface area contributed by atoms with Crippen LogP contribution in [0.5, 0.6) is 0 Å². The summed E-state index contributed by atoms with van der Waals surface area (Å²) in [4.78, 5) is 17.9. The number of nitrogens with zero attached hydrogens (tertiary/aromatic N) is 2. The van der Waals surface area contributed by atoms with Gasteiger partial charge in [-0.05, 0) is 47.9 Å². The summed E-state index contributed by atoms with van der Waals surface area (Å²) >= 11 is 0. The number of fused-ring (bicyclic) bond motifs is 1. The number of hydrogen-bond donors (Lipinski definition) is 2. The van der Waals surface area contributed by atoms with Gasteiger partial charge in [0.05, 0.1) is 6.54 Å². The van der Waals surface area contributed by atoms with Crippen molar-refractivity contribution in [3.05, 3.63) is 53.5 Å². The van der Waals surface area contributed by atoms with Crippen molar-refractivity contribution in [1.82, 2.24) is 4.98 Å². The Bertz CT molecular complexity index is 689. The quantitative estimate of drug-likeness (QED) is 0.668. The molecule has 0 spiro atoms. The largest absolute Gasteiger partial charge is 0.308 e. The Morgan fingerprint density at radius 1 is 1.29 bits per heavy atom. The minimum absolute atomic E-state index is 0.0354. The molecule has 1 aliphatic rings. The number of nitrogens with two attached hydrogens (primary N) is 1. The third kappa shape index (κ3) is 2.71. The second-order valence-corrected chi connectivity index (χ2v) is 4.95. The highest BCUT2D eigenvalue weighted by molar-refractivity contribution is 5.96. The van der Waals surface area contributed by atoms with E-state index in [-0.39, 0.29) is 11.7 Å². The normalized spacial score (nSPS) is 14.0. The standard InChI is InChI=1S/C15H15FN4O/c16-12-2-3-13-11(8-12)1-4-15(21)20(13)9-10-5-6-18-14(7-10)19-17/h2-3,5-8H,1,4,9,17H2,(H,18,19). The number of halogens is 1. The molecule has 0 atom stereocenters. The summed E-state index contributed by atoms with van der Waals surface area (Å²) in [6, 6.07) is 8.14. The minimum Gasteiger partial charge on any atom is -0.308 e. The first-order valence-corrected chi connectivity index (χ1v) is 6.68. The van der Waals surface area contributed by atoms with E-state index in [9.17, 15) is 9.18 Å². The summed E-state index contributed by atoms with van der Waals surface area (Å²) in [5.41, 5.74) is 5.02. The number of nitrogens with one attached hydrogen (secondary N) is 1. The molecule has 2 heterocycles. The number of carbonyl (C=O) groups excluding carboxylic acids is 1. The Morgan fingerprint density at radius 3 is 2.95 bits per heavy atom. The fourth-order valence-corrected chi connectivity index (χ4v) is 2.54. The van der Waals surface area contributed by atoms with Crippen LogP contribution >= 0.6 is 0 Å². The predicted molar refractivity (Wildman–Crippen MR) is 78.0 cm³/mol. The molecule has 6 heteroatoms. The molecule has 108 valence electrons. The first-order chi connectivity index (χ1) is 10.2. The Morgan fingerprint density at radius 2 is 2.14 bits per heavy atom. The Hall–Kier alpha value is -2.47. The number of hydrazine groups is 1. The van der Waals surface area contributed by atoms with Gasteiger partial charge in [0.15, 0.2) is 0 Å². The molecule has 3 N–H and O–H groups in total. The molecular formula is C15H15FN4O. The zero-order valence-corrected chi connectivity index (χ0v) is 11.3. The molecule has 0 aliphatic carbocycles. The number of rotatable bonds is 3. The Labute approximate surface area is 121 Å². The number of amides is 1. The molecule has 3 rings (SSSR count). The predicted octanol–water partition coefficient (Wildman–Crippen LogP) is 1.99. The minimum atomic E-state index is -0.276. The van der Waals surface area contributed by atoms with Crippen LogP contribution in [0.15, 0.2) is 36.5 Å². The molecular weight excluding hydrogens is 271 g/mol. The molecule has 0 radical (unpaired) electrons. The molecule has 1 amide bonds. The average Bonchev–Trinajstić information content (AvgIpc) is 2.50. The van der Waals surface area contributed by atoms with Crippen molar-refractivity contribution >= 4 is 17.4 Å². The van der Waals surface area contributed by atoms with Gasteiger partial charge in [-0.1, -0.05) is 0 Å². The molecule has 0 bridgehead atoms. The van der Waals surface area contributed by atoms with Gasteiger partial charge in [0.25, 0.3) is 0 Å². The highest BCUT2D eigenvalue weighted by Gasteiger charge is 2.24. The second-order valence-electron chi connectivity index (χ2n) is 4.95. The average molecular weight is 286 g/mol. The molecule has 1 aliphatic heterocycles. The summed E-state index contributed by atoms with van der Waals surface area (Å²) in [6.45, 7) is 0.411. The number of anilines is 2. The lowest BCUT2D eigenvalue weighted by atomic mass is 10.0. The van der Waals surface area contributed by atoms with Gasteiger partial charge in [-0.25, -0.2) is 15.2 Å². The van der Waals surface area contributed by atoms with Crippen molar-refractivity contribution < 1.29 is 9.18 Å². The van der Waals surface area contributed by atoms with Crippen molar-refractivity contribution in [2.45, 2.75) is 19.4 Å². The summed E-state index contributed by atoms with van der Waals surface area (Å²) < 4.78 is 13.3. The number of nitrogen functional groups attached to an aromatic ring is 1. The number of aryl methyl sites for hydroxylation is 1. The molecule has 5 nitrogen and oxygen atoms in total. The molecule has 1 aromatic carbocycles. The summed E-state index contributed by atoms with van der Waals surface area (Å²) in [5.74, 6) is 5.63. The maximum atomic E-state index is 13.3. The second kappa shape index (κ2) is 5.49. The Balaban J connectivity index is 1.92. The highest BCUT2D eigenvalue weighted by Crippen LogP contribution is 2.29. The van der Waals surface area contributed by atoms with Crippen LogP contribution < -0.4 is 16.2 Å². The molecule has 0 saturated carbocycles. The van der Waals surface area contributed by atoms with E-state index in [1.165, 1.54) is 12.1 Å². The monoisotopic (exact) mass is 286 g/mol. The van der Waals surface area contributed by atoms with E-state index in [0.717, 1.165) is 16.8 Å². The van der Waals surface area contributed by atoms with E-state index in [4.69, 9.17) is 5.84 Å². The third-order valence-corrected chi connectivity index (χ3v) is 3.55. The molecule has 0 fully saturated rings. The first kappa shape index (κ1) is 13.5. The fraction of sp³-hybridized carbons (Fsp3) is 0.200. The van der Waals surface area contributed by atoms with Crippen molar-refractivity contribution in [2.75, 3.05) is 10.3 Å². The summed E-state index contributed by atoms with van der Waals surface area (Å²) in [7, 11) is 0. The van der Waals surface area contributed by atoms with Crippen molar-refractivity contribution in [3.8, 4) is 0 Å². The van der Waals surface area contributed by atoms with E-state index < -0.39 is 0 Å². The van der Waals surface area contributed by atoms with E-state index in [0.29, 0.717) is 25.2 Å². The van der Waals surface area contributed by atoms with Gasteiger partial charge in [-0.2, -0.15) is 0 Å². The van der Waals surface area contributed by atoms with Crippen LogP contribution in [0.3, 0.4) is 0 Å². The van der Waals surface area contributed by atoms with E-state index in [2.05, 4.69) is 10.4 Å². The molecule has 21 heavy (non-hydrogen) atoms. The molecule has 1 aromatic heterocycles. The SMILES string of the molecule is NNc1cc(CN2C(=O)CCc3cc(F)ccc32)ccn1. The van der Waals surface area contributed by atoms with E-state index in [1.807, 2.05) is 6.07 Å². The number of pyridine rings is 1. The topological polar surface area (TPSA) is 71.2 Å². The lowest BCUT2D eigenvalue weighted by molar-refractivity contribution is -0.119. The smallest absolute Gasteiger partial charge is 0.227 e. The van der Waals surface area contributed by atoms with Crippen LogP contribution in [0.4, 0.5) is 15.9 Å². The number of aromatic nitrogens is 1. The van der Waals surface area contributed by atoms with Gasteiger partial charge in [0.1, 0.15) is 11.6 Å². The van der Waals surface area contributed by atoms with Gasteiger partial charge in [0, 0.05) is 18.3 Å². The lowest BCUT2D eigenvalue weighted by Gasteiger charge is -2.29. The van der Waals surface area contributed by atoms with Crippen LogP contribution in [-0.4, -0.2) is 10.9 Å². The zero-order chi connectivity index (χ0) is 14.8. The van der Waals surface area contributed by atoms with Crippen LogP contribution in [0.25, 0.3) is 0 Å². The van der Waals surface area contributed by atoms with Crippen LogP contribution in [-0.2, 0) is 17.8 Å². The van der Waals surface area contributed by atoms with Gasteiger partial charge in [-0.15, -0.1) is 0 Å². The fourth-order valence-electron chi connectivity index (χ4n) is 2.54. The van der Waals surface area contributed by atoms with E-state index >= 15 is 0 Å². The Kier molecular flexibility index (Phi) is 3.53. The maximum Gasteiger partial charge on any atom is 0.227 e. The zero-order valence-electron chi connectivity index (χ0n) is 11.3. The number of carbonyl (C=O) groups is 1. The van der Waals surface area contributed by atoms with Gasteiger partial charge < -0.3 is 10.3 Å². The highest BCUT2D eigenvalue weighted by atomic mass is 19.1. The molecule has 0 unspecified atom stereocenters. The number of hydrogen-bond acceptors (Lipinski definition) is 4. The van der Waals surface area contributed by atoms with E-state index in [1.54, 1.807) is 23.2 Å². The maximum absolute atomic E-state index is 13.3. The summed E-state index contributed by atoms with van der Waals surface area (Å²) in [5, 5.41) is 0.